The van der Waals surface area contributed by atoms with Crippen LogP contribution in [-0.2, 0) is 13.1 Å². The summed E-state index contributed by atoms with van der Waals surface area (Å²) < 4.78 is 0. The molecule has 110 valence electrons. The van der Waals surface area contributed by atoms with Gasteiger partial charge in [0.15, 0.2) is 0 Å². The highest BCUT2D eigenvalue weighted by Gasteiger charge is 2.29. The smallest absolute Gasteiger partial charge is 0.0242 e. The lowest BCUT2D eigenvalue weighted by Crippen LogP contribution is -2.34. The summed E-state index contributed by atoms with van der Waals surface area (Å²) in [6, 6.07) is 11.3. The Morgan fingerprint density at radius 1 is 1.10 bits per heavy atom. The van der Waals surface area contributed by atoms with E-state index in [4.69, 9.17) is 0 Å². The van der Waals surface area contributed by atoms with Gasteiger partial charge in [-0.15, -0.1) is 0 Å². The van der Waals surface area contributed by atoms with Gasteiger partial charge in [-0.2, -0.15) is 0 Å². The summed E-state index contributed by atoms with van der Waals surface area (Å²) in [6.07, 6.45) is 6.75. The van der Waals surface area contributed by atoms with Gasteiger partial charge in [-0.05, 0) is 50.2 Å². The van der Waals surface area contributed by atoms with Crippen molar-refractivity contribution in [3.63, 3.8) is 0 Å². The molecule has 2 nitrogen and oxygen atoms in total. The summed E-state index contributed by atoms with van der Waals surface area (Å²) in [4.78, 5) is 2.72. The van der Waals surface area contributed by atoms with Gasteiger partial charge in [0.05, 0.1) is 0 Å². The summed E-state index contributed by atoms with van der Waals surface area (Å²) in [5, 5.41) is 3.66. The highest BCUT2D eigenvalue weighted by molar-refractivity contribution is 5.27. The number of rotatable bonds is 6. The number of nitrogens with one attached hydrogen (secondary N) is 1. The maximum absolute atomic E-state index is 3.66. The average molecular weight is 272 g/mol. The highest BCUT2D eigenvalue weighted by atomic mass is 15.2. The molecule has 1 aliphatic carbocycles. The summed E-state index contributed by atoms with van der Waals surface area (Å²) in [7, 11) is 0. The van der Waals surface area contributed by atoms with E-state index in [1.165, 1.54) is 43.2 Å². The van der Waals surface area contributed by atoms with Crippen molar-refractivity contribution in [2.75, 3.05) is 0 Å². The van der Waals surface area contributed by atoms with Gasteiger partial charge in [-0.3, -0.25) is 4.90 Å². The molecule has 2 unspecified atom stereocenters. The van der Waals surface area contributed by atoms with Gasteiger partial charge in [0.1, 0.15) is 0 Å². The van der Waals surface area contributed by atoms with E-state index in [0.717, 1.165) is 31.2 Å². The first-order chi connectivity index (χ1) is 9.78. The van der Waals surface area contributed by atoms with Crippen LogP contribution in [0.4, 0.5) is 0 Å². The van der Waals surface area contributed by atoms with E-state index < -0.39 is 0 Å². The van der Waals surface area contributed by atoms with Crippen molar-refractivity contribution in [3.05, 3.63) is 35.4 Å². The van der Waals surface area contributed by atoms with Gasteiger partial charge in [0.25, 0.3) is 0 Å². The number of likely N-dealkylation sites (tertiary alicyclic amines) is 1. The van der Waals surface area contributed by atoms with Gasteiger partial charge in [-0.1, -0.05) is 31.2 Å². The standard InChI is InChI=1S/C18H28N2/c1-3-18-11-8-14(2)20(18)13-16-7-5-4-6-15(16)12-19-17-9-10-17/h4-7,14,17-19H,3,8-13H2,1-2H3. The molecule has 3 rings (SSSR count). The summed E-state index contributed by atoms with van der Waals surface area (Å²) >= 11 is 0. The fraction of sp³-hybridized carbons (Fsp3) is 0.667. The van der Waals surface area contributed by atoms with Crippen molar-refractivity contribution in [3.8, 4) is 0 Å². The topological polar surface area (TPSA) is 15.3 Å². The molecule has 1 aromatic rings. The maximum Gasteiger partial charge on any atom is 0.0242 e. The van der Waals surface area contributed by atoms with Gasteiger partial charge in [0.2, 0.25) is 0 Å². The molecule has 1 saturated heterocycles. The van der Waals surface area contributed by atoms with Crippen molar-refractivity contribution >= 4 is 0 Å². The van der Waals surface area contributed by atoms with E-state index >= 15 is 0 Å². The van der Waals surface area contributed by atoms with E-state index in [9.17, 15) is 0 Å². The Morgan fingerprint density at radius 3 is 2.55 bits per heavy atom. The molecule has 0 spiro atoms. The molecule has 20 heavy (non-hydrogen) atoms. The Bertz CT molecular complexity index is 439. The predicted molar refractivity (Wildman–Crippen MR) is 84.6 cm³/mol. The third-order valence-electron chi connectivity index (χ3n) is 5.05. The molecule has 1 heterocycles. The molecule has 1 aromatic carbocycles. The van der Waals surface area contributed by atoms with Crippen molar-refractivity contribution in [1.82, 2.24) is 10.2 Å². The fourth-order valence-electron chi connectivity index (χ4n) is 3.47. The van der Waals surface area contributed by atoms with Crippen LogP contribution in [0.2, 0.25) is 0 Å². The molecule has 1 N–H and O–H groups in total. The molecule has 0 bridgehead atoms. The van der Waals surface area contributed by atoms with E-state index in [-0.39, 0.29) is 0 Å². The van der Waals surface area contributed by atoms with Crippen LogP contribution in [0.25, 0.3) is 0 Å². The van der Waals surface area contributed by atoms with E-state index in [2.05, 4.69) is 48.3 Å². The molecule has 2 heteroatoms. The Hall–Kier alpha value is -0.860. The minimum atomic E-state index is 0.740. The average Bonchev–Trinajstić information content (AvgIpc) is 3.23. The lowest BCUT2D eigenvalue weighted by Gasteiger charge is -2.28. The Balaban J connectivity index is 1.68. The van der Waals surface area contributed by atoms with Crippen molar-refractivity contribution in [1.29, 1.82) is 0 Å². The summed E-state index contributed by atoms with van der Waals surface area (Å²) in [5.41, 5.74) is 3.02. The molecular formula is C18H28N2. The minimum absolute atomic E-state index is 0.740. The van der Waals surface area contributed by atoms with Crippen molar-refractivity contribution in [2.24, 2.45) is 0 Å². The second kappa shape index (κ2) is 6.28. The van der Waals surface area contributed by atoms with Gasteiger partial charge >= 0.3 is 0 Å². The first-order valence-corrected chi connectivity index (χ1v) is 8.34. The SMILES string of the molecule is CCC1CCC(C)N1Cc1ccccc1CNC1CC1. The Labute approximate surface area is 123 Å². The summed E-state index contributed by atoms with van der Waals surface area (Å²) in [5.74, 6) is 0. The Kier molecular flexibility index (Phi) is 4.42. The van der Waals surface area contributed by atoms with Crippen LogP contribution < -0.4 is 5.32 Å². The van der Waals surface area contributed by atoms with Crippen LogP contribution in [0, 0.1) is 0 Å². The van der Waals surface area contributed by atoms with Crippen LogP contribution in [0.15, 0.2) is 24.3 Å². The van der Waals surface area contributed by atoms with Crippen molar-refractivity contribution in [2.45, 2.75) is 77.2 Å². The molecule has 0 aromatic heterocycles. The molecule has 2 atom stereocenters. The van der Waals surface area contributed by atoms with Crippen LogP contribution >= 0.6 is 0 Å². The van der Waals surface area contributed by atoms with E-state index in [1.807, 2.05) is 0 Å². The lowest BCUT2D eigenvalue weighted by atomic mass is 10.1. The number of nitrogens with zero attached hydrogens (tertiary/aromatic N) is 1. The molecule has 0 amide bonds. The molecule has 0 radical (unpaired) electrons. The van der Waals surface area contributed by atoms with E-state index in [1.54, 1.807) is 0 Å². The molecular weight excluding hydrogens is 244 g/mol. The highest BCUT2D eigenvalue weighted by Crippen LogP contribution is 2.28. The second-order valence-electron chi connectivity index (χ2n) is 6.58. The third kappa shape index (κ3) is 3.24. The van der Waals surface area contributed by atoms with Crippen molar-refractivity contribution < 1.29 is 0 Å². The second-order valence-corrected chi connectivity index (χ2v) is 6.58. The molecule has 1 saturated carbocycles. The molecule has 1 aliphatic heterocycles. The zero-order valence-corrected chi connectivity index (χ0v) is 12.9. The van der Waals surface area contributed by atoms with Crippen LogP contribution in [-0.4, -0.2) is 23.0 Å². The summed E-state index contributed by atoms with van der Waals surface area (Å²) in [6.45, 7) is 6.89. The normalized spacial score (nSPS) is 27.1. The largest absolute Gasteiger partial charge is 0.310 e. The zero-order valence-electron chi connectivity index (χ0n) is 12.9. The quantitative estimate of drug-likeness (QED) is 0.849. The van der Waals surface area contributed by atoms with Gasteiger partial charge in [0, 0.05) is 31.2 Å². The molecule has 2 aliphatic rings. The van der Waals surface area contributed by atoms with Crippen LogP contribution in [0.1, 0.15) is 57.1 Å². The first-order valence-electron chi connectivity index (χ1n) is 8.34. The predicted octanol–water partition coefficient (Wildman–Crippen LogP) is 3.70. The number of hydrogen-bond donors (Lipinski definition) is 1. The minimum Gasteiger partial charge on any atom is -0.310 e. The monoisotopic (exact) mass is 272 g/mol. The third-order valence-corrected chi connectivity index (χ3v) is 5.05. The van der Waals surface area contributed by atoms with Crippen LogP contribution in [0.5, 0.6) is 0 Å². The number of hydrogen-bond acceptors (Lipinski definition) is 2. The fourth-order valence-corrected chi connectivity index (χ4v) is 3.47. The maximum atomic E-state index is 3.66. The first kappa shape index (κ1) is 14.1. The lowest BCUT2D eigenvalue weighted by molar-refractivity contribution is 0.189. The van der Waals surface area contributed by atoms with E-state index in [0.29, 0.717) is 0 Å². The molecule has 2 fully saturated rings. The van der Waals surface area contributed by atoms with Crippen LogP contribution in [0.3, 0.4) is 0 Å². The van der Waals surface area contributed by atoms with Gasteiger partial charge in [-0.25, -0.2) is 0 Å². The zero-order chi connectivity index (χ0) is 13.9. The van der Waals surface area contributed by atoms with Gasteiger partial charge < -0.3 is 5.32 Å². The number of benzene rings is 1. The Morgan fingerprint density at radius 2 is 1.85 bits per heavy atom.